The molecule has 0 saturated heterocycles. The lowest BCUT2D eigenvalue weighted by Gasteiger charge is -0.344. The van der Waals surface area contributed by atoms with Crippen LogP contribution < -0.4 is 6.15 Å². The predicted octanol–water partition coefficient (Wildman–Crippen LogP) is 1.86. The van der Waals surface area contributed by atoms with E-state index in [9.17, 15) is 0 Å². The maximum atomic E-state index is 0. The van der Waals surface area contributed by atoms with Gasteiger partial charge in [0.2, 0.25) is 0 Å². The molecule has 0 aromatic carbocycles. The monoisotopic (exact) mass is 85.1 g/mol. The lowest BCUT2D eigenvalue weighted by molar-refractivity contribution is 2.13. The summed E-state index contributed by atoms with van der Waals surface area (Å²) < 4.78 is 0. The van der Waals surface area contributed by atoms with Crippen molar-refractivity contribution >= 4 is 12.4 Å². The first-order valence-corrected chi connectivity index (χ1v) is 0. The Hall–Kier alpha value is 0.250. The van der Waals surface area contributed by atoms with E-state index >= 15 is 0 Å². The van der Waals surface area contributed by atoms with Gasteiger partial charge in [0.15, 0.2) is 0 Å². The molecule has 0 rings (SSSR count). The largest absolute Gasteiger partial charge is 0.344 e. The summed E-state index contributed by atoms with van der Waals surface area (Å²) in [5.74, 6) is 0. The van der Waals surface area contributed by atoms with Crippen LogP contribution in [0.4, 0.5) is 0 Å². The Morgan fingerprint density at radius 2 is 0.750 bits per heavy atom. The summed E-state index contributed by atoms with van der Waals surface area (Å²) in [5, 5.41) is 0. The minimum atomic E-state index is 0. The molecule has 0 unspecified atom stereocenters. The average molecular weight is 85.6 g/mol. The fourth-order valence-corrected chi connectivity index (χ4v) is 0. The molecule has 0 heterocycles. The standard InChI is InChI=1S/2CH4.ClH.H3N/h2*1H4;1H;1H3. The zero-order valence-electron chi connectivity index (χ0n) is 1.12. The van der Waals surface area contributed by atoms with Crippen molar-refractivity contribution in [3.63, 3.8) is 0 Å². The van der Waals surface area contributed by atoms with Gasteiger partial charge in [-0.3, -0.25) is 0 Å². The van der Waals surface area contributed by atoms with Crippen LogP contribution in [0.25, 0.3) is 0 Å². The SMILES string of the molecule is C.C.Cl.N. The molecule has 2 heteroatoms. The molecule has 4 heavy (non-hydrogen) atoms. The van der Waals surface area contributed by atoms with Gasteiger partial charge in [-0.05, 0) is 0 Å². The van der Waals surface area contributed by atoms with Crippen molar-refractivity contribution in [2.45, 2.75) is 14.9 Å². The summed E-state index contributed by atoms with van der Waals surface area (Å²) in [6.45, 7) is 0. The Morgan fingerprint density at radius 3 is 0.750 bits per heavy atom. The highest BCUT2D eigenvalue weighted by atomic mass is 35.5. The topological polar surface area (TPSA) is 35.0 Å². The zero-order valence-corrected chi connectivity index (χ0v) is 1.93. The van der Waals surface area contributed by atoms with Crippen LogP contribution in [0.1, 0.15) is 14.9 Å². The Kier molecular flexibility index (Phi) is 47300. The van der Waals surface area contributed by atoms with Crippen molar-refractivity contribution in [1.82, 2.24) is 6.15 Å². The number of halogens is 1. The van der Waals surface area contributed by atoms with E-state index < -0.39 is 0 Å². The number of rotatable bonds is 0. The smallest absolute Gasteiger partial charge is 0.0776 e. The van der Waals surface area contributed by atoms with Crippen LogP contribution >= 0.6 is 12.4 Å². The highest BCUT2D eigenvalue weighted by Gasteiger charge is -0.0765. The number of hydrogen-bond acceptors (Lipinski definition) is 1. The molecule has 0 aliphatic carbocycles. The summed E-state index contributed by atoms with van der Waals surface area (Å²) in [4.78, 5) is 0. The van der Waals surface area contributed by atoms with E-state index in [0.29, 0.717) is 0 Å². The number of hydrogen-bond donors (Lipinski definition) is 1. The van der Waals surface area contributed by atoms with Crippen LogP contribution in [0.15, 0.2) is 0 Å². The molecular weight excluding hydrogens is 73.5 g/mol. The first-order valence-electron chi connectivity index (χ1n) is 0. The molecule has 0 aromatic heterocycles. The van der Waals surface area contributed by atoms with E-state index in [0.717, 1.165) is 0 Å². The third-order valence-electron chi connectivity index (χ3n) is 0. The normalized spacial score (nSPS) is 0. The maximum Gasteiger partial charge on any atom is -0.0776 e. The molecule has 32 valence electrons. The van der Waals surface area contributed by atoms with Gasteiger partial charge < -0.3 is 6.15 Å². The van der Waals surface area contributed by atoms with Gasteiger partial charge in [-0.1, -0.05) is 14.9 Å². The van der Waals surface area contributed by atoms with Crippen LogP contribution in [-0.2, 0) is 0 Å². The molecule has 0 fully saturated rings. The molecule has 0 radical (unpaired) electrons. The second-order valence-corrected chi connectivity index (χ2v) is 0. The summed E-state index contributed by atoms with van der Waals surface area (Å²) in [6, 6.07) is 0. The molecule has 0 bridgehead atoms. The van der Waals surface area contributed by atoms with Gasteiger partial charge in [0, 0.05) is 0 Å². The maximum absolute atomic E-state index is 0. The minimum Gasteiger partial charge on any atom is -0.344 e. The van der Waals surface area contributed by atoms with E-state index in [-0.39, 0.29) is 33.4 Å². The molecule has 0 aromatic rings. The quantitative estimate of drug-likeness (QED) is 0.479. The lowest BCUT2D eigenvalue weighted by atomic mass is 12.0. The third kappa shape index (κ3) is 56.3. The van der Waals surface area contributed by atoms with Crippen molar-refractivity contribution in [3.05, 3.63) is 0 Å². The van der Waals surface area contributed by atoms with Crippen molar-refractivity contribution in [2.75, 3.05) is 0 Å². The Labute approximate surface area is 34.4 Å². The van der Waals surface area contributed by atoms with Gasteiger partial charge in [0.25, 0.3) is 0 Å². The van der Waals surface area contributed by atoms with E-state index in [1.165, 1.54) is 0 Å². The lowest BCUT2D eigenvalue weighted by Crippen LogP contribution is -0.481. The van der Waals surface area contributed by atoms with E-state index in [1.54, 1.807) is 0 Å². The van der Waals surface area contributed by atoms with Crippen LogP contribution in [0.3, 0.4) is 0 Å². The Morgan fingerprint density at radius 1 is 0.750 bits per heavy atom. The summed E-state index contributed by atoms with van der Waals surface area (Å²) in [7, 11) is 0. The molecule has 0 spiro atoms. The molecule has 0 atom stereocenters. The molecular formula is C2H12ClN. The van der Waals surface area contributed by atoms with Gasteiger partial charge in [0.1, 0.15) is 0 Å². The fourth-order valence-electron chi connectivity index (χ4n) is 0. The summed E-state index contributed by atoms with van der Waals surface area (Å²) in [5.41, 5.74) is 0. The first kappa shape index (κ1) is 718. The highest BCUT2D eigenvalue weighted by molar-refractivity contribution is 5.85. The molecule has 0 amide bonds. The molecule has 1 nitrogen and oxygen atoms in total. The van der Waals surface area contributed by atoms with Crippen LogP contribution in [0, 0.1) is 0 Å². The van der Waals surface area contributed by atoms with Crippen molar-refractivity contribution < 1.29 is 0 Å². The second-order valence-electron chi connectivity index (χ2n) is 0. The molecule has 0 saturated carbocycles. The van der Waals surface area contributed by atoms with Crippen molar-refractivity contribution in [2.24, 2.45) is 0 Å². The first-order chi connectivity index (χ1) is 0. The van der Waals surface area contributed by atoms with Gasteiger partial charge in [-0.25, -0.2) is 0 Å². The molecule has 3 N–H and O–H groups in total. The van der Waals surface area contributed by atoms with Gasteiger partial charge in [-0.2, -0.15) is 0 Å². The molecule has 0 aliphatic rings. The average Bonchev–Trinajstić information content (AvgIpc) is 0. The molecule has 0 aliphatic heterocycles. The zero-order chi connectivity index (χ0) is 0. The van der Waals surface area contributed by atoms with Crippen LogP contribution in [-0.4, -0.2) is 0 Å². The summed E-state index contributed by atoms with van der Waals surface area (Å²) in [6.07, 6.45) is 0. The van der Waals surface area contributed by atoms with Crippen molar-refractivity contribution in [3.8, 4) is 0 Å². The van der Waals surface area contributed by atoms with E-state index in [1.807, 2.05) is 0 Å². The van der Waals surface area contributed by atoms with Gasteiger partial charge >= 0.3 is 0 Å². The summed E-state index contributed by atoms with van der Waals surface area (Å²) >= 11 is 0. The Bertz CT molecular complexity index is 6.00. The van der Waals surface area contributed by atoms with Crippen molar-refractivity contribution in [1.29, 1.82) is 0 Å². The van der Waals surface area contributed by atoms with Gasteiger partial charge in [0.05, 0.1) is 0 Å². The predicted molar refractivity (Wildman–Crippen MR) is 25.7 cm³/mol. The van der Waals surface area contributed by atoms with Crippen LogP contribution in [0.5, 0.6) is 0 Å². The Balaban J connectivity index is 0. The minimum absolute atomic E-state index is 0. The van der Waals surface area contributed by atoms with E-state index in [4.69, 9.17) is 0 Å². The second kappa shape index (κ2) is 263. The van der Waals surface area contributed by atoms with Gasteiger partial charge in [-0.15, -0.1) is 12.4 Å². The highest BCUT2D eigenvalue weighted by Crippen LogP contribution is 0.690. The fraction of sp³-hybridized carbons (Fsp3) is 1.00. The van der Waals surface area contributed by atoms with E-state index in [2.05, 4.69) is 0 Å². The third-order valence-corrected chi connectivity index (χ3v) is 0. The van der Waals surface area contributed by atoms with Crippen LogP contribution in [0.2, 0.25) is 0 Å².